The first-order valence-electron chi connectivity index (χ1n) is 7.37. The number of imidazole rings is 1. The molecule has 0 radical (unpaired) electrons. The topological polar surface area (TPSA) is 17.8 Å². The number of para-hydroxylation sites is 2. The minimum atomic E-state index is 0.396. The zero-order chi connectivity index (χ0) is 13.2. The van der Waals surface area contributed by atoms with Gasteiger partial charge in [0.2, 0.25) is 0 Å². The molecule has 3 rings (SSSR count). The van der Waals surface area contributed by atoms with Crippen molar-refractivity contribution in [1.82, 2.24) is 9.55 Å². The molecule has 0 bridgehead atoms. The van der Waals surface area contributed by atoms with Crippen LogP contribution in [0.3, 0.4) is 0 Å². The van der Waals surface area contributed by atoms with Crippen molar-refractivity contribution in [1.29, 1.82) is 0 Å². The van der Waals surface area contributed by atoms with Crippen LogP contribution in [-0.4, -0.2) is 9.55 Å². The Bertz CT molecular complexity index is 576. The molecule has 1 atom stereocenters. The van der Waals surface area contributed by atoms with E-state index in [4.69, 9.17) is 4.98 Å². The van der Waals surface area contributed by atoms with Gasteiger partial charge in [-0.3, -0.25) is 0 Å². The van der Waals surface area contributed by atoms with Gasteiger partial charge in [0.25, 0.3) is 0 Å². The molecule has 100 valence electrons. The molecule has 0 aliphatic heterocycles. The van der Waals surface area contributed by atoms with Crippen molar-refractivity contribution >= 4 is 11.0 Å². The minimum absolute atomic E-state index is 0.396. The molecule has 19 heavy (non-hydrogen) atoms. The monoisotopic (exact) mass is 254 g/mol. The molecule has 1 aliphatic rings. The first kappa shape index (κ1) is 12.5. The van der Waals surface area contributed by atoms with E-state index in [1.165, 1.54) is 37.6 Å². The molecule has 1 heterocycles. The Balaban J connectivity index is 2.05. The number of allylic oxidation sites excluding steroid dienone is 1. The fraction of sp³-hybridized carbons (Fsp3) is 0.471. The molecule has 2 nitrogen and oxygen atoms in total. The summed E-state index contributed by atoms with van der Waals surface area (Å²) >= 11 is 0. The van der Waals surface area contributed by atoms with Crippen LogP contribution in [-0.2, 0) is 0 Å². The molecule has 0 amide bonds. The summed E-state index contributed by atoms with van der Waals surface area (Å²) in [6.45, 7) is 6.20. The number of hydrogen-bond donors (Lipinski definition) is 0. The fourth-order valence-corrected chi connectivity index (χ4v) is 3.53. The van der Waals surface area contributed by atoms with Crippen LogP contribution in [0.4, 0.5) is 0 Å². The van der Waals surface area contributed by atoms with Crippen LogP contribution < -0.4 is 0 Å². The van der Waals surface area contributed by atoms with Crippen molar-refractivity contribution in [3.05, 3.63) is 42.7 Å². The number of benzene rings is 1. The quantitative estimate of drug-likeness (QED) is 0.729. The van der Waals surface area contributed by atoms with E-state index in [9.17, 15) is 0 Å². The lowest BCUT2D eigenvalue weighted by Crippen LogP contribution is -2.21. The van der Waals surface area contributed by atoms with Gasteiger partial charge >= 0.3 is 0 Å². The third kappa shape index (κ3) is 2.20. The second-order valence-electron chi connectivity index (χ2n) is 5.64. The summed E-state index contributed by atoms with van der Waals surface area (Å²) in [5.41, 5.74) is 2.35. The van der Waals surface area contributed by atoms with Crippen LogP contribution in [0.2, 0.25) is 0 Å². The van der Waals surface area contributed by atoms with E-state index < -0.39 is 0 Å². The molecule has 2 heteroatoms. The Morgan fingerprint density at radius 2 is 2.00 bits per heavy atom. The van der Waals surface area contributed by atoms with Crippen molar-refractivity contribution < 1.29 is 0 Å². The van der Waals surface area contributed by atoms with E-state index in [0.29, 0.717) is 6.04 Å². The largest absolute Gasteiger partial charge is 0.321 e. The van der Waals surface area contributed by atoms with E-state index in [1.54, 1.807) is 0 Å². The molecule has 1 unspecified atom stereocenters. The van der Waals surface area contributed by atoms with E-state index in [-0.39, 0.29) is 0 Å². The van der Waals surface area contributed by atoms with Crippen molar-refractivity contribution in [3.8, 4) is 0 Å². The van der Waals surface area contributed by atoms with E-state index in [2.05, 4.69) is 48.4 Å². The normalized spacial score (nSPS) is 18.6. The maximum atomic E-state index is 4.69. The van der Waals surface area contributed by atoms with Gasteiger partial charge in [-0.05, 0) is 37.8 Å². The lowest BCUT2D eigenvalue weighted by Gasteiger charge is -2.30. The third-order valence-electron chi connectivity index (χ3n) is 4.44. The molecular formula is C17H22N2. The van der Waals surface area contributed by atoms with Gasteiger partial charge in [0.1, 0.15) is 5.82 Å². The highest BCUT2D eigenvalue weighted by molar-refractivity contribution is 5.76. The van der Waals surface area contributed by atoms with Crippen LogP contribution in [0, 0.1) is 12.8 Å². The second-order valence-corrected chi connectivity index (χ2v) is 5.64. The summed E-state index contributed by atoms with van der Waals surface area (Å²) in [4.78, 5) is 4.69. The molecule has 0 N–H and O–H groups in total. The number of fused-ring (bicyclic) bond motifs is 1. The Kier molecular flexibility index (Phi) is 3.41. The lowest BCUT2D eigenvalue weighted by molar-refractivity contribution is 0.287. The molecule has 1 saturated carbocycles. The Morgan fingerprint density at radius 1 is 1.26 bits per heavy atom. The molecule has 1 aromatic heterocycles. The highest BCUT2D eigenvalue weighted by Gasteiger charge is 2.25. The van der Waals surface area contributed by atoms with Gasteiger partial charge in [-0.25, -0.2) is 4.98 Å². The SMILES string of the molecule is C=CC(C1CCCCC1)n1c(C)nc2ccccc21. The molecule has 0 spiro atoms. The molecule has 0 saturated heterocycles. The molecule has 1 aliphatic carbocycles. The predicted molar refractivity (Wildman–Crippen MR) is 80.3 cm³/mol. The summed E-state index contributed by atoms with van der Waals surface area (Å²) in [5.74, 6) is 1.83. The molecule has 2 aromatic rings. The minimum Gasteiger partial charge on any atom is -0.321 e. The summed E-state index contributed by atoms with van der Waals surface area (Å²) in [6.07, 6.45) is 8.88. The van der Waals surface area contributed by atoms with Gasteiger partial charge in [-0.1, -0.05) is 37.5 Å². The van der Waals surface area contributed by atoms with Crippen molar-refractivity contribution in [2.45, 2.75) is 45.1 Å². The van der Waals surface area contributed by atoms with E-state index in [0.717, 1.165) is 17.3 Å². The first-order valence-corrected chi connectivity index (χ1v) is 7.37. The van der Waals surface area contributed by atoms with Crippen molar-refractivity contribution in [2.24, 2.45) is 5.92 Å². The van der Waals surface area contributed by atoms with Crippen molar-refractivity contribution in [2.75, 3.05) is 0 Å². The van der Waals surface area contributed by atoms with Gasteiger partial charge in [-0.15, -0.1) is 6.58 Å². The lowest BCUT2D eigenvalue weighted by atomic mass is 9.83. The number of aromatic nitrogens is 2. The van der Waals surface area contributed by atoms with Gasteiger partial charge in [-0.2, -0.15) is 0 Å². The van der Waals surface area contributed by atoms with Gasteiger partial charge in [0.05, 0.1) is 17.1 Å². The van der Waals surface area contributed by atoms with Gasteiger partial charge in [0.15, 0.2) is 0 Å². The zero-order valence-corrected chi connectivity index (χ0v) is 11.7. The standard InChI is InChI=1S/C17H22N2/c1-3-16(14-9-5-4-6-10-14)19-13(2)18-15-11-7-8-12-17(15)19/h3,7-8,11-12,14,16H,1,4-6,9-10H2,2H3. The number of nitrogens with zero attached hydrogens (tertiary/aromatic N) is 2. The highest BCUT2D eigenvalue weighted by Crippen LogP contribution is 2.36. The first-order chi connectivity index (χ1) is 9.31. The maximum absolute atomic E-state index is 4.69. The maximum Gasteiger partial charge on any atom is 0.107 e. The van der Waals surface area contributed by atoms with E-state index >= 15 is 0 Å². The fourth-order valence-electron chi connectivity index (χ4n) is 3.53. The third-order valence-corrected chi connectivity index (χ3v) is 4.44. The Labute approximate surface area is 115 Å². The number of aryl methyl sites for hydroxylation is 1. The summed E-state index contributed by atoms with van der Waals surface area (Å²) in [6, 6.07) is 8.82. The van der Waals surface area contributed by atoms with Crippen LogP contribution in [0.1, 0.15) is 44.0 Å². The number of hydrogen-bond acceptors (Lipinski definition) is 1. The van der Waals surface area contributed by atoms with E-state index in [1.807, 2.05) is 0 Å². The Morgan fingerprint density at radius 3 is 2.74 bits per heavy atom. The van der Waals surface area contributed by atoms with Gasteiger partial charge in [0, 0.05) is 0 Å². The molecule has 1 aromatic carbocycles. The smallest absolute Gasteiger partial charge is 0.107 e. The highest BCUT2D eigenvalue weighted by atomic mass is 15.1. The Hall–Kier alpha value is -1.57. The van der Waals surface area contributed by atoms with Crippen LogP contribution in [0.25, 0.3) is 11.0 Å². The second kappa shape index (κ2) is 5.20. The molecular weight excluding hydrogens is 232 g/mol. The van der Waals surface area contributed by atoms with Crippen molar-refractivity contribution in [3.63, 3.8) is 0 Å². The summed E-state index contributed by atoms with van der Waals surface area (Å²) in [5, 5.41) is 0. The molecule has 1 fully saturated rings. The summed E-state index contributed by atoms with van der Waals surface area (Å²) < 4.78 is 2.39. The average molecular weight is 254 g/mol. The summed E-state index contributed by atoms with van der Waals surface area (Å²) in [7, 11) is 0. The average Bonchev–Trinajstić information content (AvgIpc) is 2.78. The zero-order valence-electron chi connectivity index (χ0n) is 11.7. The van der Waals surface area contributed by atoms with Crippen LogP contribution >= 0.6 is 0 Å². The van der Waals surface area contributed by atoms with Crippen LogP contribution in [0.15, 0.2) is 36.9 Å². The van der Waals surface area contributed by atoms with Crippen LogP contribution in [0.5, 0.6) is 0 Å². The van der Waals surface area contributed by atoms with Gasteiger partial charge < -0.3 is 4.57 Å². The predicted octanol–water partition coefficient (Wildman–Crippen LogP) is 4.65. The number of rotatable bonds is 3.